The third-order valence-corrected chi connectivity index (χ3v) is 2.37. The Bertz CT molecular complexity index is 304. The van der Waals surface area contributed by atoms with Crippen molar-refractivity contribution in [1.82, 2.24) is 9.55 Å². The molecule has 0 saturated carbocycles. The average molecular weight is 197 g/mol. The van der Waals surface area contributed by atoms with Gasteiger partial charge in [0.15, 0.2) is 0 Å². The molecule has 72 valence electrons. The van der Waals surface area contributed by atoms with Crippen LogP contribution in [0.15, 0.2) is 6.33 Å². The Hall–Kier alpha value is -0.900. The van der Waals surface area contributed by atoms with E-state index in [4.69, 9.17) is 18.0 Å². The number of rotatable bonds is 4. The zero-order valence-electron chi connectivity index (χ0n) is 8.08. The van der Waals surface area contributed by atoms with Crippen LogP contribution in [0.2, 0.25) is 0 Å². The fraction of sp³-hybridized carbons (Fsp3) is 0.556. The second-order valence-corrected chi connectivity index (χ2v) is 3.70. The highest BCUT2D eigenvalue weighted by Gasteiger charge is 2.00. The van der Waals surface area contributed by atoms with Crippen molar-refractivity contribution in [3.05, 3.63) is 17.7 Å². The van der Waals surface area contributed by atoms with Gasteiger partial charge >= 0.3 is 0 Å². The molecular formula is C9H15N3S. The Morgan fingerprint density at radius 2 is 2.31 bits per heavy atom. The normalized spacial score (nSPS) is 10.3. The van der Waals surface area contributed by atoms with E-state index in [0.717, 1.165) is 25.1 Å². The fourth-order valence-corrected chi connectivity index (χ4v) is 1.34. The summed E-state index contributed by atoms with van der Waals surface area (Å²) in [4.78, 5) is 4.80. The Kier molecular flexibility index (Phi) is 3.42. The van der Waals surface area contributed by atoms with Crippen molar-refractivity contribution in [2.45, 2.75) is 33.2 Å². The lowest BCUT2D eigenvalue weighted by molar-refractivity contribution is 0.643. The van der Waals surface area contributed by atoms with Gasteiger partial charge in [-0.05, 0) is 26.7 Å². The number of imidazole rings is 1. The van der Waals surface area contributed by atoms with Crippen molar-refractivity contribution in [3.8, 4) is 0 Å². The molecule has 4 heteroatoms. The number of hydrogen-bond donors (Lipinski definition) is 1. The first-order valence-corrected chi connectivity index (χ1v) is 4.78. The molecule has 0 aliphatic carbocycles. The molecule has 1 aromatic heterocycles. The van der Waals surface area contributed by atoms with Crippen molar-refractivity contribution >= 4 is 17.2 Å². The van der Waals surface area contributed by atoms with Crippen LogP contribution in [-0.4, -0.2) is 14.5 Å². The quantitative estimate of drug-likeness (QED) is 0.745. The van der Waals surface area contributed by atoms with E-state index in [0.29, 0.717) is 4.99 Å². The van der Waals surface area contributed by atoms with Gasteiger partial charge in [-0.3, -0.25) is 0 Å². The lowest BCUT2D eigenvalue weighted by atomic mass is 10.3. The van der Waals surface area contributed by atoms with Crippen LogP contribution in [0.4, 0.5) is 0 Å². The van der Waals surface area contributed by atoms with Gasteiger partial charge in [-0.25, -0.2) is 4.98 Å². The second-order valence-electron chi connectivity index (χ2n) is 3.18. The van der Waals surface area contributed by atoms with E-state index < -0.39 is 0 Å². The molecule has 0 amide bonds. The SMILES string of the molecule is Cc1ncn(CCCC(N)=S)c1C. The number of nitrogens with two attached hydrogens (primary N) is 1. The Balaban J connectivity index is 2.45. The van der Waals surface area contributed by atoms with Gasteiger partial charge in [0.25, 0.3) is 0 Å². The highest BCUT2D eigenvalue weighted by molar-refractivity contribution is 7.80. The third-order valence-electron chi connectivity index (χ3n) is 2.17. The summed E-state index contributed by atoms with van der Waals surface area (Å²) >= 11 is 4.80. The Morgan fingerprint density at radius 1 is 1.62 bits per heavy atom. The summed E-state index contributed by atoms with van der Waals surface area (Å²) in [5, 5.41) is 0. The molecule has 1 aromatic rings. The van der Waals surface area contributed by atoms with E-state index >= 15 is 0 Å². The first-order chi connectivity index (χ1) is 6.11. The van der Waals surface area contributed by atoms with Gasteiger partial charge in [0.05, 0.1) is 17.0 Å². The van der Waals surface area contributed by atoms with Crippen LogP contribution < -0.4 is 5.73 Å². The van der Waals surface area contributed by atoms with Gasteiger partial charge in [0, 0.05) is 12.2 Å². The lowest BCUT2D eigenvalue weighted by Crippen LogP contribution is -2.09. The first kappa shape index (κ1) is 10.2. The zero-order chi connectivity index (χ0) is 9.84. The third kappa shape index (κ3) is 2.81. The maximum Gasteiger partial charge on any atom is 0.0951 e. The van der Waals surface area contributed by atoms with Crippen LogP contribution in [0.1, 0.15) is 24.2 Å². The molecule has 13 heavy (non-hydrogen) atoms. The molecule has 0 spiro atoms. The number of thiocarbonyl (C=S) groups is 1. The summed E-state index contributed by atoms with van der Waals surface area (Å²) < 4.78 is 2.13. The summed E-state index contributed by atoms with van der Waals surface area (Å²) in [6.07, 6.45) is 3.67. The highest BCUT2D eigenvalue weighted by Crippen LogP contribution is 2.05. The zero-order valence-corrected chi connectivity index (χ0v) is 8.90. The van der Waals surface area contributed by atoms with Gasteiger partial charge in [-0.2, -0.15) is 0 Å². The summed E-state index contributed by atoms with van der Waals surface area (Å²) in [6.45, 7) is 5.03. The second kappa shape index (κ2) is 4.37. The van der Waals surface area contributed by atoms with Gasteiger partial charge in [-0.1, -0.05) is 12.2 Å². The minimum Gasteiger partial charge on any atom is -0.393 e. The van der Waals surface area contributed by atoms with E-state index in [-0.39, 0.29) is 0 Å². The Labute approximate surface area is 84.0 Å². The Morgan fingerprint density at radius 3 is 2.77 bits per heavy atom. The average Bonchev–Trinajstić information content (AvgIpc) is 2.35. The van der Waals surface area contributed by atoms with Crippen LogP contribution in [0.5, 0.6) is 0 Å². The van der Waals surface area contributed by atoms with Crippen molar-refractivity contribution in [1.29, 1.82) is 0 Å². The van der Waals surface area contributed by atoms with Crippen LogP contribution in [-0.2, 0) is 6.54 Å². The molecule has 2 N–H and O–H groups in total. The predicted octanol–water partition coefficient (Wildman–Crippen LogP) is 1.57. The topological polar surface area (TPSA) is 43.8 Å². The predicted molar refractivity (Wildman–Crippen MR) is 57.7 cm³/mol. The van der Waals surface area contributed by atoms with Gasteiger partial charge in [0.1, 0.15) is 0 Å². The molecule has 0 atom stereocenters. The monoisotopic (exact) mass is 197 g/mol. The number of aryl methyl sites for hydroxylation is 2. The molecule has 0 saturated heterocycles. The number of nitrogens with zero attached hydrogens (tertiary/aromatic N) is 2. The van der Waals surface area contributed by atoms with E-state index in [1.807, 2.05) is 13.3 Å². The van der Waals surface area contributed by atoms with Crippen LogP contribution in [0.3, 0.4) is 0 Å². The first-order valence-electron chi connectivity index (χ1n) is 4.38. The van der Waals surface area contributed by atoms with E-state index in [2.05, 4.69) is 16.5 Å². The van der Waals surface area contributed by atoms with E-state index in [1.165, 1.54) is 5.69 Å². The largest absolute Gasteiger partial charge is 0.393 e. The van der Waals surface area contributed by atoms with Gasteiger partial charge in [0.2, 0.25) is 0 Å². The molecule has 0 fully saturated rings. The fourth-order valence-electron chi connectivity index (χ4n) is 1.19. The van der Waals surface area contributed by atoms with Gasteiger partial charge in [-0.15, -0.1) is 0 Å². The number of hydrogen-bond acceptors (Lipinski definition) is 2. The standard InChI is InChI=1S/C9H15N3S/c1-7-8(2)12(6-11-7)5-3-4-9(10)13/h6H,3-5H2,1-2H3,(H2,10,13). The van der Waals surface area contributed by atoms with Crippen molar-refractivity contribution in [2.75, 3.05) is 0 Å². The summed E-state index contributed by atoms with van der Waals surface area (Å²) in [6, 6.07) is 0. The van der Waals surface area contributed by atoms with Gasteiger partial charge < -0.3 is 10.3 Å². The molecule has 0 radical (unpaired) electrons. The summed E-state index contributed by atoms with van der Waals surface area (Å²) in [7, 11) is 0. The van der Waals surface area contributed by atoms with Crippen LogP contribution in [0, 0.1) is 13.8 Å². The van der Waals surface area contributed by atoms with Crippen molar-refractivity contribution in [2.24, 2.45) is 5.73 Å². The molecular weight excluding hydrogens is 182 g/mol. The molecule has 1 rings (SSSR count). The van der Waals surface area contributed by atoms with Crippen LogP contribution >= 0.6 is 12.2 Å². The minimum atomic E-state index is 0.592. The maximum atomic E-state index is 5.41. The molecule has 0 unspecified atom stereocenters. The molecule has 0 aliphatic rings. The summed E-state index contributed by atoms with van der Waals surface area (Å²) in [5.41, 5.74) is 7.72. The van der Waals surface area contributed by atoms with E-state index in [9.17, 15) is 0 Å². The molecule has 0 aromatic carbocycles. The molecule has 3 nitrogen and oxygen atoms in total. The smallest absolute Gasteiger partial charge is 0.0951 e. The summed E-state index contributed by atoms with van der Waals surface area (Å²) in [5.74, 6) is 0. The minimum absolute atomic E-state index is 0.592. The van der Waals surface area contributed by atoms with Crippen LogP contribution in [0.25, 0.3) is 0 Å². The molecule has 0 bridgehead atoms. The molecule has 1 heterocycles. The lowest BCUT2D eigenvalue weighted by Gasteiger charge is -2.04. The maximum absolute atomic E-state index is 5.41. The van der Waals surface area contributed by atoms with E-state index in [1.54, 1.807) is 0 Å². The van der Waals surface area contributed by atoms with Crippen molar-refractivity contribution in [3.63, 3.8) is 0 Å². The highest BCUT2D eigenvalue weighted by atomic mass is 32.1. The molecule has 0 aliphatic heterocycles. The number of aromatic nitrogens is 2. The van der Waals surface area contributed by atoms with Crippen molar-refractivity contribution < 1.29 is 0 Å².